The molecular weight excluding hydrogens is 414 g/mol. The van der Waals surface area contributed by atoms with E-state index in [9.17, 15) is 9.59 Å². The molecule has 0 spiro atoms. The van der Waals surface area contributed by atoms with Gasteiger partial charge in [0.1, 0.15) is 0 Å². The summed E-state index contributed by atoms with van der Waals surface area (Å²) in [5.41, 5.74) is 2.56. The van der Waals surface area contributed by atoms with Crippen molar-refractivity contribution in [2.45, 2.75) is 39.0 Å². The molecule has 0 radical (unpaired) electrons. The molecule has 2 aliphatic rings. The van der Waals surface area contributed by atoms with Gasteiger partial charge in [-0.25, -0.2) is 0 Å². The maximum Gasteiger partial charge on any atom is 0.232 e. The van der Waals surface area contributed by atoms with E-state index in [4.69, 9.17) is 21.1 Å². The van der Waals surface area contributed by atoms with E-state index in [0.29, 0.717) is 40.6 Å². The van der Waals surface area contributed by atoms with E-state index in [1.165, 1.54) is 0 Å². The molecule has 1 atom stereocenters. The maximum atomic E-state index is 13.5. The first-order valence-corrected chi connectivity index (χ1v) is 10.7. The van der Waals surface area contributed by atoms with Gasteiger partial charge in [-0.1, -0.05) is 49.7 Å². The van der Waals surface area contributed by atoms with Gasteiger partial charge in [0.25, 0.3) is 0 Å². The highest BCUT2D eigenvalue weighted by Gasteiger charge is 2.45. The third-order valence-corrected chi connectivity index (χ3v) is 6.36. The average molecular weight is 440 g/mol. The molecule has 0 bridgehead atoms. The summed E-state index contributed by atoms with van der Waals surface area (Å²) in [6.45, 7) is 4.11. The zero-order valence-electron chi connectivity index (χ0n) is 18.2. The molecule has 0 saturated carbocycles. The second kappa shape index (κ2) is 8.04. The van der Waals surface area contributed by atoms with Gasteiger partial charge in [-0.3, -0.25) is 14.5 Å². The Hall–Kier alpha value is -2.79. The van der Waals surface area contributed by atoms with Gasteiger partial charge in [0.05, 0.1) is 24.9 Å². The Morgan fingerprint density at radius 1 is 1.00 bits per heavy atom. The summed E-state index contributed by atoms with van der Waals surface area (Å²) < 4.78 is 11.1. The SMILES string of the molecule is COc1cccc(C2CC(=O)N(c3ccccc3Cl)C3=C2C(=O)CC(C)(C)C3)c1OC. The number of allylic oxidation sites excluding steroid dienone is 2. The van der Waals surface area contributed by atoms with Crippen LogP contribution in [0.2, 0.25) is 5.02 Å². The maximum absolute atomic E-state index is 13.5. The Balaban J connectivity index is 1.95. The number of carbonyl (C=O) groups is 2. The Labute approximate surface area is 187 Å². The van der Waals surface area contributed by atoms with Crippen LogP contribution in [0.1, 0.15) is 44.6 Å². The van der Waals surface area contributed by atoms with Gasteiger partial charge in [-0.15, -0.1) is 0 Å². The predicted molar refractivity (Wildman–Crippen MR) is 121 cm³/mol. The number of hydrogen-bond acceptors (Lipinski definition) is 4. The molecule has 4 rings (SSSR count). The standard InChI is InChI=1S/C25H26ClNO4/c1-25(2)13-19-23(20(28)14-25)16(15-8-7-11-21(30-3)24(15)31-4)12-22(29)27(19)18-10-6-5-9-17(18)26/h5-11,16H,12-14H2,1-4H3. The molecular formula is C25H26ClNO4. The summed E-state index contributed by atoms with van der Waals surface area (Å²) in [5.74, 6) is 0.706. The van der Waals surface area contributed by atoms with Crippen LogP contribution in [-0.4, -0.2) is 25.9 Å². The summed E-state index contributed by atoms with van der Waals surface area (Å²) in [4.78, 5) is 28.6. The quantitative estimate of drug-likeness (QED) is 0.629. The fourth-order valence-electron chi connectivity index (χ4n) is 4.78. The number of anilines is 1. The van der Waals surface area contributed by atoms with Crippen LogP contribution in [0.25, 0.3) is 0 Å². The fraction of sp³-hybridized carbons (Fsp3) is 0.360. The molecule has 0 aromatic heterocycles. The highest BCUT2D eigenvalue weighted by atomic mass is 35.5. The van der Waals surface area contributed by atoms with E-state index in [0.717, 1.165) is 11.3 Å². The number of Topliss-reactive ketones (excluding diaryl/α,β-unsaturated/α-hetero) is 1. The van der Waals surface area contributed by atoms with Crippen LogP contribution in [-0.2, 0) is 9.59 Å². The zero-order valence-corrected chi connectivity index (χ0v) is 19.0. The van der Waals surface area contributed by atoms with Crippen LogP contribution in [0.15, 0.2) is 53.7 Å². The number of ketones is 1. The lowest BCUT2D eigenvalue weighted by molar-refractivity contribution is -0.121. The smallest absolute Gasteiger partial charge is 0.232 e. The number of carbonyl (C=O) groups excluding carboxylic acids is 2. The molecule has 6 heteroatoms. The van der Waals surface area contributed by atoms with Gasteiger partial charge in [0.15, 0.2) is 17.3 Å². The number of benzene rings is 2. The lowest BCUT2D eigenvalue weighted by atomic mass is 9.69. The fourth-order valence-corrected chi connectivity index (χ4v) is 5.00. The van der Waals surface area contributed by atoms with E-state index in [2.05, 4.69) is 13.8 Å². The topological polar surface area (TPSA) is 55.8 Å². The Morgan fingerprint density at radius 3 is 2.42 bits per heavy atom. The minimum Gasteiger partial charge on any atom is -0.493 e. The van der Waals surface area contributed by atoms with Gasteiger partial charge in [0, 0.05) is 35.6 Å². The summed E-state index contributed by atoms with van der Waals surface area (Å²) in [7, 11) is 3.15. The van der Waals surface area contributed by atoms with Gasteiger partial charge in [-0.05, 0) is 30.0 Å². The van der Waals surface area contributed by atoms with E-state index < -0.39 is 5.92 Å². The lowest BCUT2D eigenvalue weighted by Gasteiger charge is -2.43. The largest absolute Gasteiger partial charge is 0.493 e. The normalized spacial score (nSPS) is 20.5. The predicted octanol–water partition coefficient (Wildman–Crippen LogP) is 5.52. The van der Waals surface area contributed by atoms with Crippen LogP contribution in [0.5, 0.6) is 11.5 Å². The van der Waals surface area contributed by atoms with Crippen molar-refractivity contribution >= 4 is 29.0 Å². The average Bonchev–Trinajstić information content (AvgIpc) is 2.72. The van der Waals surface area contributed by atoms with Crippen LogP contribution >= 0.6 is 11.6 Å². The first kappa shape index (κ1) is 21.4. The highest BCUT2D eigenvalue weighted by molar-refractivity contribution is 6.34. The second-order valence-electron chi connectivity index (χ2n) is 8.82. The number of nitrogens with zero attached hydrogens (tertiary/aromatic N) is 1. The Bertz CT molecular complexity index is 1090. The third-order valence-electron chi connectivity index (χ3n) is 6.05. The van der Waals surface area contributed by atoms with Gasteiger partial charge >= 0.3 is 0 Å². The third kappa shape index (κ3) is 3.72. The van der Waals surface area contributed by atoms with Crippen molar-refractivity contribution in [1.29, 1.82) is 0 Å². The molecule has 5 nitrogen and oxygen atoms in total. The van der Waals surface area contributed by atoms with E-state index in [-0.39, 0.29) is 23.5 Å². The number of halogens is 1. The van der Waals surface area contributed by atoms with Crippen molar-refractivity contribution < 1.29 is 19.1 Å². The first-order chi connectivity index (χ1) is 14.8. The number of hydrogen-bond donors (Lipinski definition) is 0. The molecule has 162 valence electrons. The molecule has 2 aromatic rings. The molecule has 1 aliphatic heterocycles. The first-order valence-electron chi connectivity index (χ1n) is 10.3. The summed E-state index contributed by atoms with van der Waals surface area (Å²) >= 11 is 6.46. The number of para-hydroxylation sites is 2. The van der Waals surface area contributed by atoms with Gasteiger partial charge < -0.3 is 9.47 Å². The zero-order chi connectivity index (χ0) is 22.3. The van der Waals surface area contributed by atoms with Crippen LogP contribution < -0.4 is 14.4 Å². The molecule has 1 aliphatic carbocycles. The van der Waals surface area contributed by atoms with Crippen molar-refractivity contribution in [2.75, 3.05) is 19.1 Å². The highest BCUT2D eigenvalue weighted by Crippen LogP contribution is 2.51. The monoisotopic (exact) mass is 439 g/mol. The summed E-state index contributed by atoms with van der Waals surface area (Å²) in [6, 6.07) is 12.8. The van der Waals surface area contributed by atoms with Crippen molar-refractivity contribution in [3.63, 3.8) is 0 Å². The number of rotatable bonds is 4. The summed E-state index contributed by atoms with van der Waals surface area (Å²) in [6.07, 6.45) is 1.19. The minimum absolute atomic E-state index is 0.0608. The second-order valence-corrected chi connectivity index (χ2v) is 9.23. The number of ether oxygens (including phenoxy) is 2. The number of methoxy groups -OCH3 is 2. The molecule has 1 amide bonds. The van der Waals surface area contributed by atoms with E-state index in [1.54, 1.807) is 25.2 Å². The van der Waals surface area contributed by atoms with Crippen molar-refractivity contribution in [1.82, 2.24) is 0 Å². The summed E-state index contributed by atoms with van der Waals surface area (Å²) in [5, 5.41) is 0.482. The molecule has 0 N–H and O–H groups in total. The lowest BCUT2D eigenvalue weighted by Crippen LogP contribution is -2.43. The van der Waals surface area contributed by atoms with Crippen LogP contribution in [0, 0.1) is 5.41 Å². The van der Waals surface area contributed by atoms with Crippen molar-refractivity contribution in [3.8, 4) is 11.5 Å². The number of amides is 1. The molecule has 1 unspecified atom stereocenters. The van der Waals surface area contributed by atoms with Crippen LogP contribution in [0.3, 0.4) is 0 Å². The van der Waals surface area contributed by atoms with E-state index >= 15 is 0 Å². The van der Waals surface area contributed by atoms with Crippen molar-refractivity contribution in [2.24, 2.45) is 5.41 Å². The van der Waals surface area contributed by atoms with Crippen molar-refractivity contribution in [3.05, 3.63) is 64.3 Å². The minimum atomic E-state index is -0.394. The molecule has 0 fully saturated rings. The van der Waals surface area contributed by atoms with Gasteiger partial charge in [0.2, 0.25) is 5.91 Å². The molecule has 0 saturated heterocycles. The molecule has 2 aromatic carbocycles. The Kier molecular flexibility index (Phi) is 5.56. The molecule has 31 heavy (non-hydrogen) atoms. The van der Waals surface area contributed by atoms with Gasteiger partial charge in [-0.2, -0.15) is 0 Å². The Morgan fingerprint density at radius 2 is 1.74 bits per heavy atom. The van der Waals surface area contributed by atoms with Crippen LogP contribution in [0.4, 0.5) is 5.69 Å². The van der Waals surface area contributed by atoms with E-state index in [1.807, 2.05) is 36.4 Å². The molecule has 1 heterocycles.